The number of benzene rings is 7. The normalized spacial score (nSPS) is 13.3. The lowest BCUT2D eigenvalue weighted by Crippen LogP contribution is -2.15. The molecule has 2 heterocycles. The summed E-state index contributed by atoms with van der Waals surface area (Å²) < 4.78 is 4.85. The second kappa shape index (κ2) is 10.4. The predicted octanol–water partition coefficient (Wildman–Crippen LogP) is 12.4. The van der Waals surface area contributed by atoms with E-state index in [1.165, 1.54) is 82.9 Å². The number of rotatable bonds is 4. The highest BCUT2D eigenvalue weighted by Gasteiger charge is 2.35. The van der Waals surface area contributed by atoms with Crippen molar-refractivity contribution in [1.82, 2.24) is 9.13 Å². The fourth-order valence-corrected chi connectivity index (χ4v) is 8.35. The van der Waals surface area contributed by atoms with E-state index < -0.39 is 0 Å². The minimum absolute atomic E-state index is 0.0699. The van der Waals surface area contributed by atoms with Crippen molar-refractivity contribution >= 4 is 32.7 Å². The molecule has 0 spiro atoms. The van der Waals surface area contributed by atoms with Crippen LogP contribution in [-0.4, -0.2) is 9.13 Å². The predicted molar refractivity (Wildman–Crippen MR) is 206 cm³/mol. The maximum atomic E-state index is 2.49. The molecule has 0 aliphatic heterocycles. The Labute approximate surface area is 286 Å². The summed E-state index contributed by atoms with van der Waals surface area (Å²) in [5, 5.41) is 3.78. The van der Waals surface area contributed by atoms with Crippen LogP contribution >= 0.6 is 0 Å². The second-order valence-corrected chi connectivity index (χ2v) is 13.8. The van der Waals surface area contributed by atoms with Gasteiger partial charge in [0.05, 0.1) is 16.6 Å². The van der Waals surface area contributed by atoms with Gasteiger partial charge >= 0.3 is 0 Å². The zero-order valence-electron chi connectivity index (χ0n) is 27.6. The van der Waals surface area contributed by atoms with Crippen molar-refractivity contribution in [1.29, 1.82) is 0 Å². The van der Waals surface area contributed by atoms with Gasteiger partial charge in [0, 0.05) is 39.1 Å². The molecule has 0 bridgehead atoms. The molecule has 0 N–H and O–H groups in total. The quantitative estimate of drug-likeness (QED) is 0.184. The van der Waals surface area contributed by atoms with Crippen LogP contribution in [0.1, 0.15) is 25.0 Å². The Balaban J connectivity index is 1.22. The number of para-hydroxylation sites is 1. The molecule has 0 amide bonds. The third kappa shape index (κ3) is 4.14. The molecular weight excluding hydrogens is 593 g/mol. The Morgan fingerprint density at radius 3 is 1.82 bits per heavy atom. The lowest BCUT2D eigenvalue weighted by Gasteiger charge is -2.22. The fraction of sp³-hybridized carbons (Fsp3) is 0.0638. The highest BCUT2D eigenvalue weighted by atomic mass is 15.0. The molecule has 10 rings (SSSR count). The van der Waals surface area contributed by atoms with Gasteiger partial charge in [-0.1, -0.05) is 129 Å². The molecule has 0 unspecified atom stereocenters. The van der Waals surface area contributed by atoms with E-state index in [1.54, 1.807) is 0 Å². The molecule has 0 saturated heterocycles. The minimum atomic E-state index is -0.0699. The van der Waals surface area contributed by atoms with Crippen molar-refractivity contribution in [3.63, 3.8) is 0 Å². The van der Waals surface area contributed by atoms with Gasteiger partial charge in [-0.05, 0) is 93.0 Å². The zero-order chi connectivity index (χ0) is 32.7. The average Bonchev–Trinajstić information content (AvgIpc) is 3.81. The molecule has 0 radical (unpaired) electrons. The van der Waals surface area contributed by atoms with Crippen LogP contribution in [-0.2, 0) is 5.41 Å². The van der Waals surface area contributed by atoms with Crippen LogP contribution in [0.15, 0.2) is 170 Å². The summed E-state index contributed by atoms with van der Waals surface area (Å²) in [6.07, 6.45) is 2.24. The number of fused-ring (bicyclic) bond motifs is 8. The van der Waals surface area contributed by atoms with Crippen LogP contribution in [0.25, 0.3) is 77.5 Å². The Bertz CT molecular complexity index is 2670. The lowest BCUT2D eigenvalue weighted by atomic mass is 9.82. The van der Waals surface area contributed by atoms with Gasteiger partial charge < -0.3 is 9.13 Å². The summed E-state index contributed by atoms with van der Waals surface area (Å²) >= 11 is 0. The highest BCUT2D eigenvalue weighted by Crippen LogP contribution is 2.49. The van der Waals surface area contributed by atoms with Crippen molar-refractivity contribution in [2.45, 2.75) is 19.3 Å². The minimum Gasteiger partial charge on any atom is -0.316 e. The first-order chi connectivity index (χ1) is 24.1. The highest BCUT2D eigenvalue weighted by molar-refractivity contribution is 6.18. The molecule has 1 aliphatic rings. The lowest BCUT2D eigenvalue weighted by molar-refractivity contribution is 0.660. The van der Waals surface area contributed by atoms with E-state index in [4.69, 9.17) is 0 Å². The van der Waals surface area contributed by atoms with Crippen molar-refractivity contribution in [2.24, 2.45) is 0 Å². The van der Waals surface area contributed by atoms with Crippen LogP contribution in [0.5, 0.6) is 0 Å². The summed E-state index contributed by atoms with van der Waals surface area (Å²) in [5.74, 6) is 0. The molecule has 2 aromatic heterocycles. The van der Waals surface area contributed by atoms with E-state index in [0.29, 0.717) is 0 Å². The van der Waals surface area contributed by atoms with Gasteiger partial charge in [-0.25, -0.2) is 0 Å². The smallest absolute Gasteiger partial charge is 0.0635 e. The average molecular weight is 627 g/mol. The van der Waals surface area contributed by atoms with Gasteiger partial charge in [-0.2, -0.15) is 0 Å². The van der Waals surface area contributed by atoms with Gasteiger partial charge in [0.15, 0.2) is 0 Å². The van der Waals surface area contributed by atoms with Gasteiger partial charge in [0.2, 0.25) is 0 Å². The summed E-state index contributed by atoms with van der Waals surface area (Å²) in [6, 6.07) is 60.1. The first-order valence-electron chi connectivity index (χ1n) is 17.1. The first kappa shape index (κ1) is 27.9. The molecule has 49 heavy (non-hydrogen) atoms. The summed E-state index contributed by atoms with van der Waals surface area (Å²) in [4.78, 5) is 0. The fourth-order valence-electron chi connectivity index (χ4n) is 8.35. The summed E-state index contributed by atoms with van der Waals surface area (Å²) in [6.45, 7) is 4.72. The Morgan fingerprint density at radius 1 is 0.408 bits per heavy atom. The molecule has 0 saturated carbocycles. The van der Waals surface area contributed by atoms with Crippen molar-refractivity contribution in [2.75, 3.05) is 0 Å². The van der Waals surface area contributed by atoms with E-state index in [1.807, 2.05) is 0 Å². The summed E-state index contributed by atoms with van der Waals surface area (Å²) in [5.41, 5.74) is 16.2. The molecule has 232 valence electrons. The van der Waals surface area contributed by atoms with Crippen molar-refractivity contribution in [3.8, 4) is 44.8 Å². The zero-order valence-corrected chi connectivity index (χ0v) is 27.6. The van der Waals surface area contributed by atoms with Crippen molar-refractivity contribution < 1.29 is 0 Å². The van der Waals surface area contributed by atoms with Crippen LogP contribution < -0.4 is 0 Å². The van der Waals surface area contributed by atoms with Crippen LogP contribution in [0.3, 0.4) is 0 Å². The van der Waals surface area contributed by atoms with E-state index >= 15 is 0 Å². The largest absolute Gasteiger partial charge is 0.316 e. The monoisotopic (exact) mass is 626 g/mol. The molecule has 0 fully saturated rings. The molecular formula is C47H34N2. The van der Waals surface area contributed by atoms with Crippen LogP contribution in [0, 0.1) is 0 Å². The van der Waals surface area contributed by atoms with Gasteiger partial charge in [-0.15, -0.1) is 0 Å². The van der Waals surface area contributed by atoms with Gasteiger partial charge in [0.25, 0.3) is 0 Å². The number of hydrogen-bond donors (Lipinski definition) is 0. The topological polar surface area (TPSA) is 9.86 Å². The molecule has 1 aliphatic carbocycles. The third-order valence-corrected chi connectivity index (χ3v) is 10.7. The second-order valence-electron chi connectivity index (χ2n) is 13.8. The van der Waals surface area contributed by atoms with Crippen molar-refractivity contribution in [3.05, 3.63) is 181 Å². The van der Waals surface area contributed by atoms with E-state index in [9.17, 15) is 0 Å². The standard InChI is InChI=1S/C47H34N2/c1-47(2)42-19-11-9-17-37(42)38-22-21-35(30-43(38)47)49-45-20-12-10-18-39(45)40-23-24-44-41(46(40)49)25-26-48(44)36-28-33(31-13-5-3-6-14-31)27-34(29-36)32-15-7-4-8-16-32/h3-30H,1-2H3. The van der Waals surface area contributed by atoms with E-state index in [0.717, 1.165) is 5.69 Å². The van der Waals surface area contributed by atoms with Gasteiger partial charge in [-0.3, -0.25) is 0 Å². The van der Waals surface area contributed by atoms with Gasteiger partial charge in [0.1, 0.15) is 0 Å². The Morgan fingerprint density at radius 2 is 1.06 bits per heavy atom. The van der Waals surface area contributed by atoms with Crippen LogP contribution in [0.4, 0.5) is 0 Å². The third-order valence-electron chi connectivity index (χ3n) is 10.7. The number of nitrogens with zero attached hydrogens (tertiary/aromatic N) is 2. The molecule has 2 heteroatoms. The first-order valence-corrected chi connectivity index (χ1v) is 17.1. The number of hydrogen-bond acceptors (Lipinski definition) is 0. The molecule has 7 aromatic carbocycles. The Hall–Kier alpha value is -6.12. The van der Waals surface area contributed by atoms with E-state index in [2.05, 4.69) is 193 Å². The molecule has 9 aromatic rings. The van der Waals surface area contributed by atoms with E-state index in [-0.39, 0.29) is 5.41 Å². The maximum absolute atomic E-state index is 2.49. The SMILES string of the molecule is CC1(C)c2ccccc2-c2ccc(-n3c4ccccc4c4ccc5c(ccn5-c5cc(-c6ccccc6)cc(-c6ccccc6)c5)c43)cc21. The maximum Gasteiger partial charge on any atom is 0.0635 e. The number of aromatic nitrogens is 2. The molecule has 2 nitrogen and oxygen atoms in total. The molecule has 0 atom stereocenters. The van der Waals surface area contributed by atoms with Crippen LogP contribution in [0.2, 0.25) is 0 Å². The summed E-state index contributed by atoms with van der Waals surface area (Å²) in [7, 11) is 0. The Kier molecular flexibility index (Phi) is 5.95.